The first-order chi connectivity index (χ1) is 8.49. The minimum Gasteiger partial charge on any atom is -0.480 e. The van der Waals surface area contributed by atoms with E-state index in [1.54, 1.807) is 36.2 Å². The van der Waals surface area contributed by atoms with Gasteiger partial charge in [0.15, 0.2) is 0 Å². The Kier molecular flexibility index (Phi) is 3.54. The van der Waals surface area contributed by atoms with Crippen molar-refractivity contribution in [2.75, 3.05) is 25.0 Å². The lowest BCUT2D eigenvalue weighted by Crippen LogP contribution is -2.58. The number of aliphatic carboxylic acids is 1. The number of carboxylic acids is 1. The lowest BCUT2D eigenvalue weighted by molar-refractivity contribution is -0.142. The quantitative estimate of drug-likeness (QED) is 0.872. The summed E-state index contributed by atoms with van der Waals surface area (Å²) in [5, 5.41) is 9.70. The van der Waals surface area contributed by atoms with E-state index in [0.717, 1.165) is 0 Å². The van der Waals surface area contributed by atoms with Crippen molar-refractivity contribution in [3.05, 3.63) is 29.3 Å². The summed E-state index contributed by atoms with van der Waals surface area (Å²) in [6.07, 6.45) is 0. The minimum atomic E-state index is -1.02. The molecule has 1 heterocycles. The van der Waals surface area contributed by atoms with Crippen LogP contribution in [0, 0.1) is 0 Å². The van der Waals surface area contributed by atoms with E-state index in [2.05, 4.69) is 0 Å². The standard InChI is InChI=1S/C12H13ClN2O3/c1-14-6-10(12(17)18)15(11(16)7-14)9-4-2-3-8(13)5-9/h2-5,10H,6-7H2,1H3,(H,17,18). The molecular weight excluding hydrogens is 256 g/mol. The predicted molar refractivity (Wildman–Crippen MR) is 67.9 cm³/mol. The van der Waals surface area contributed by atoms with Crippen LogP contribution in [0.15, 0.2) is 24.3 Å². The third kappa shape index (κ3) is 2.47. The second kappa shape index (κ2) is 4.96. The largest absolute Gasteiger partial charge is 0.480 e. The van der Waals surface area contributed by atoms with Crippen molar-refractivity contribution < 1.29 is 14.7 Å². The van der Waals surface area contributed by atoms with Crippen molar-refractivity contribution in [3.63, 3.8) is 0 Å². The average molecular weight is 269 g/mol. The molecule has 5 nitrogen and oxygen atoms in total. The smallest absolute Gasteiger partial charge is 0.328 e. The van der Waals surface area contributed by atoms with E-state index in [1.165, 1.54) is 4.90 Å². The molecular formula is C12H13ClN2O3. The highest BCUT2D eigenvalue weighted by molar-refractivity contribution is 6.31. The summed E-state index contributed by atoms with van der Waals surface area (Å²) in [6.45, 7) is 0.504. The Morgan fingerprint density at radius 3 is 2.83 bits per heavy atom. The third-order valence-electron chi connectivity index (χ3n) is 2.84. The van der Waals surface area contributed by atoms with E-state index >= 15 is 0 Å². The molecule has 1 aliphatic rings. The summed E-state index contributed by atoms with van der Waals surface area (Å²) < 4.78 is 0. The lowest BCUT2D eigenvalue weighted by atomic mass is 10.1. The zero-order valence-corrected chi connectivity index (χ0v) is 10.6. The van der Waals surface area contributed by atoms with Gasteiger partial charge in [0.25, 0.3) is 0 Å². The maximum absolute atomic E-state index is 12.0. The van der Waals surface area contributed by atoms with Crippen molar-refractivity contribution in [1.82, 2.24) is 4.90 Å². The highest BCUT2D eigenvalue weighted by Crippen LogP contribution is 2.24. The molecule has 1 saturated heterocycles. The lowest BCUT2D eigenvalue weighted by Gasteiger charge is -2.37. The summed E-state index contributed by atoms with van der Waals surface area (Å²) in [6, 6.07) is 5.78. The molecule has 0 radical (unpaired) electrons. The SMILES string of the molecule is CN1CC(=O)N(c2cccc(Cl)c2)C(C(=O)O)C1. The Bertz CT molecular complexity index is 492. The van der Waals surface area contributed by atoms with E-state index in [4.69, 9.17) is 11.6 Å². The maximum atomic E-state index is 12.0. The van der Waals surface area contributed by atoms with Crippen molar-refractivity contribution >= 4 is 29.2 Å². The van der Waals surface area contributed by atoms with Crippen molar-refractivity contribution in [3.8, 4) is 0 Å². The number of carboxylic acid groups (broad SMARTS) is 1. The molecule has 1 aromatic rings. The van der Waals surface area contributed by atoms with Crippen LogP contribution in [0.2, 0.25) is 5.02 Å². The van der Waals surface area contributed by atoms with Crippen LogP contribution in [-0.4, -0.2) is 48.1 Å². The van der Waals surface area contributed by atoms with Crippen LogP contribution in [0.5, 0.6) is 0 Å². The number of amides is 1. The van der Waals surface area contributed by atoms with Gasteiger partial charge in [0.2, 0.25) is 5.91 Å². The number of carbonyl (C=O) groups excluding carboxylic acids is 1. The highest BCUT2D eigenvalue weighted by atomic mass is 35.5. The second-order valence-electron chi connectivity index (χ2n) is 4.29. The van der Waals surface area contributed by atoms with Crippen LogP contribution in [0.1, 0.15) is 0 Å². The normalized spacial score (nSPS) is 21.1. The van der Waals surface area contributed by atoms with E-state index in [0.29, 0.717) is 17.3 Å². The van der Waals surface area contributed by atoms with Crippen LogP contribution in [0.25, 0.3) is 0 Å². The second-order valence-corrected chi connectivity index (χ2v) is 4.73. The van der Waals surface area contributed by atoms with Crippen LogP contribution < -0.4 is 4.90 Å². The molecule has 1 amide bonds. The molecule has 0 bridgehead atoms. The van der Waals surface area contributed by atoms with E-state index in [1.807, 2.05) is 0 Å². The molecule has 0 aliphatic carbocycles. The number of rotatable bonds is 2. The number of benzene rings is 1. The molecule has 18 heavy (non-hydrogen) atoms. The fourth-order valence-corrected chi connectivity index (χ4v) is 2.25. The molecule has 1 fully saturated rings. The molecule has 1 unspecified atom stereocenters. The summed E-state index contributed by atoms with van der Waals surface area (Å²) in [7, 11) is 1.73. The molecule has 1 aromatic carbocycles. The van der Waals surface area contributed by atoms with E-state index in [9.17, 15) is 14.7 Å². The first-order valence-corrected chi connectivity index (χ1v) is 5.86. The first kappa shape index (κ1) is 12.9. The average Bonchev–Trinajstić information content (AvgIpc) is 2.27. The van der Waals surface area contributed by atoms with Crippen molar-refractivity contribution in [2.45, 2.75) is 6.04 Å². The number of nitrogens with zero attached hydrogens (tertiary/aromatic N) is 2. The Balaban J connectivity index is 2.38. The zero-order valence-electron chi connectivity index (χ0n) is 9.84. The molecule has 0 spiro atoms. The minimum absolute atomic E-state index is 0.205. The van der Waals surface area contributed by atoms with Gasteiger partial charge in [-0.05, 0) is 25.2 Å². The van der Waals surface area contributed by atoms with Gasteiger partial charge in [-0.3, -0.25) is 14.6 Å². The Morgan fingerprint density at radius 1 is 1.50 bits per heavy atom. The van der Waals surface area contributed by atoms with Crippen LogP contribution in [-0.2, 0) is 9.59 Å². The monoisotopic (exact) mass is 268 g/mol. The summed E-state index contributed by atoms with van der Waals surface area (Å²) in [5.41, 5.74) is 0.521. The number of likely N-dealkylation sites (N-methyl/N-ethyl adjacent to an activating group) is 1. The Hall–Kier alpha value is -1.59. The van der Waals surface area contributed by atoms with Crippen LogP contribution in [0.4, 0.5) is 5.69 Å². The summed E-state index contributed by atoms with van der Waals surface area (Å²) in [5.74, 6) is -1.26. The molecule has 6 heteroatoms. The molecule has 1 aliphatic heterocycles. The number of anilines is 1. The fraction of sp³-hybridized carbons (Fsp3) is 0.333. The molecule has 2 rings (SSSR count). The van der Waals surface area contributed by atoms with Gasteiger partial charge in [-0.25, -0.2) is 4.79 Å². The topological polar surface area (TPSA) is 60.9 Å². The van der Waals surface area contributed by atoms with E-state index < -0.39 is 12.0 Å². The molecule has 1 atom stereocenters. The molecule has 1 N–H and O–H groups in total. The predicted octanol–water partition coefficient (Wildman–Crippen LogP) is 1.07. The first-order valence-electron chi connectivity index (χ1n) is 5.48. The summed E-state index contributed by atoms with van der Waals surface area (Å²) >= 11 is 5.87. The van der Waals surface area contributed by atoms with Crippen LogP contribution >= 0.6 is 11.6 Å². The maximum Gasteiger partial charge on any atom is 0.328 e. The van der Waals surface area contributed by atoms with Gasteiger partial charge < -0.3 is 5.11 Å². The van der Waals surface area contributed by atoms with Crippen molar-refractivity contribution in [2.24, 2.45) is 0 Å². The number of hydrogen-bond donors (Lipinski definition) is 1. The van der Waals surface area contributed by atoms with Crippen molar-refractivity contribution in [1.29, 1.82) is 0 Å². The molecule has 0 saturated carbocycles. The van der Waals surface area contributed by atoms with Gasteiger partial charge in [0.05, 0.1) is 6.54 Å². The van der Waals surface area contributed by atoms with Gasteiger partial charge in [-0.2, -0.15) is 0 Å². The molecule has 0 aromatic heterocycles. The van der Waals surface area contributed by atoms with Gasteiger partial charge in [0, 0.05) is 17.3 Å². The van der Waals surface area contributed by atoms with Crippen LogP contribution in [0.3, 0.4) is 0 Å². The molecule has 96 valence electrons. The van der Waals surface area contributed by atoms with Gasteiger partial charge in [-0.15, -0.1) is 0 Å². The third-order valence-corrected chi connectivity index (χ3v) is 3.08. The number of carbonyl (C=O) groups is 2. The van der Waals surface area contributed by atoms with Gasteiger partial charge in [0.1, 0.15) is 6.04 Å². The van der Waals surface area contributed by atoms with Gasteiger partial charge >= 0.3 is 5.97 Å². The fourth-order valence-electron chi connectivity index (χ4n) is 2.06. The zero-order chi connectivity index (χ0) is 13.3. The summed E-state index contributed by atoms with van der Waals surface area (Å²) in [4.78, 5) is 26.3. The van der Waals surface area contributed by atoms with Gasteiger partial charge in [-0.1, -0.05) is 17.7 Å². The highest BCUT2D eigenvalue weighted by Gasteiger charge is 2.36. The number of halogens is 1. The number of hydrogen-bond acceptors (Lipinski definition) is 3. The van der Waals surface area contributed by atoms with E-state index in [-0.39, 0.29) is 12.5 Å². The Labute approximate surface area is 110 Å². The number of piperazine rings is 1. The Morgan fingerprint density at radius 2 is 2.22 bits per heavy atom.